The number of esters is 4. The van der Waals surface area contributed by atoms with Gasteiger partial charge in [0.15, 0.2) is 23.6 Å². The summed E-state index contributed by atoms with van der Waals surface area (Å²) in [5, 5.41) is 39.9. The highest BCUT2D eigenvalue weighted by Crippen LogP contribution is 2.64. The van der Waals surface area contributed by atoms with Gasteiger partial charge in [-0.15, -0.1) is 0 Å². The molecule has 2 bridgehead atoms. The van der Waals surface area contributed by atoms with E-state index >= 15 is 4.79 Å². The van der Waals surface area contributed by atoms with Gasteiger partial charge in [0.2, 0.25) is 0 Å². The van der Waals surface area contributed by atoms with Crippen LogP contribution in [0.4, 0.5) is 4.79 Å². The van der Waals surface area contributed by atoms with E-state index < -0.39 is 119 Å². The van der Waals surface area contributed by atoms with Gasteiger partial charge >= 0.3 is 30.0 Å². The summed E-state index contributed by atoms with van der Waals surface area (Å²) in [6.45, 7) is 10.6. The van der Waals surface area contributed by atoms with E-state index in [4.69, 9.17) is 32.8 Å². The lowest BCUT2D eigenvalue weighted by Gasteiger charge is -2.67. The summed E-state index contributed by atoms with van der Waals surface area (Å²) in [6, 6.07) is 9.22. The number of hydrogen-bond acceptors (Lipinski definition) is 16. The molecule has 4 N–H and O–H groups in total. The second-order valence-corrected chi connectivity index (χ2v) is 18.4. The first-order valence-corrected chi connectivity index (χ1v) is 21.0. The highest BCUT2D eigenvalue weighted by molar-refractivity contribution is 5.96. The number of ether oxygens (including phenoxy) is 6. The van der Waals surface area contributed by atoms with Crippen LogP contribution in [-0.4, -0.2) is 112 Å². The minimum Gasteiger partial charge on any atom is -0.467 e. The molecule has 17 nitrogen and oxygen atoms in total. The Bertz CT molecular complexity index is 2110. The van der Waals surface area contributed by atoms with Crippen molar-refractivity contribution in [2.75, 3.05) is 13.2 Å². The maximum atomic E-state index is 15.7. The number of benzene rings is 1. The molecule has 1 unspecified atom stereocenters. The van der Waals surface area contributed by atoms with E-state index in [1.54, 1.807) is 32.0 Å². The van der Waals surface area contributed by atoms with Gasteiger partial charge in [0, 0.05) is 25.2 Å². The molecule has 1 aliphatic heterocycles. The molecule has 2 heterocycles. The van der Waals surface area contributed by atoms with Crippen LogP contribution in [0.25, 0.3) is 0 Å². The molecule has 1 aromatic carbocycles. The van der Waals surface area contributed by atoms with Crippen LogP contribution in [0.2, 0.25) is 0 Å². The minimum atomic E-state index is -2.40. The van der Waals surface area contributed by atoms with E-state index in [1.807, 2.05) is 13.8 Å². The summed E-state index contributed by atoms with van der Waals surface area (Å²) in [4.78, 5) is 83.7. The van der Waals surface area contributed by atoms with Crippen molar-refractivity contribution in [3.8, 4) is 0 Å². The number of amides is 1. The number of furan rings is 1. The maximum absolute atomic E-state index is 15.7. The molecule has 11 atom stereocenters. The van der Waals surface area contributed by atoms with Gasteiger partial charge in [0.25, 0.3) is 0 Å². The summed E-state index contributed by atoms with van der Waals surface area (Å²) in [7, 11) is 0. The molecule has 62 heavy (non-hydrogen) atoms. The molecular formula is C45H55NO16. The highest BCUT2D eigenvalue weighted by Gasteiger charge is 2.78. The normalized spacial score (nSPS) is 33.2. The Labute approximate surface area is 358 Å². The van der Waals surface area contributed by atoms with Crippen LogP contribution >= 0.6 is 0 Å². The van der Waals surface area contributed by atoms with Crippen molar-refractivity contribution < 1.29 is 76.9 Å². The molecule has 5 aliphatic rings. The predicted octanol–water partition coefficient (Wildman–Crippen LogP) is 3.67. The lowest BCUT2D eigenvalue weighted by Crippen LogP contribution is -2.82. The van der Waals surface area contributed by atoms with Gasteiger partial charge in [-0.3, -0.25) is 14.4 Å². The molecule has 7 rings (SSSR count). The number of Topliss-reactive ketones (excluding diaryl/α,β-unsaturated/α-hetero) is 1. The smallest absolute Gasteiger partial charge is 0.407 e. The predicted molar refractivity (Wildman–Crippen MR) is 212 cm³/mol. The monoisotopic (exact) mass is 865 g/mol. The van der Waals surface area contributed by atoms with Crippen molar-refractivity contribution in [2.45, 2.75) is 128 Å². The van der Waals surface area contributed by atoms with Gasteiger partial charge in [-0.25, -0.2) is 14.4 Å². The largest absolute Gasteiger partial charge is 0.467 e. The Hall–Kier alpha value is -5.10. The number of hydrogen-bond donors (Lipinski definition) is 4. The van der Waals surface area contributed by atoms with Crippen molar-refractivity contribution >= 4 is 35.8 Å². The fraction of sp³-hybridized carbons (Fsp3) is 0.600. The van der Waals surface area contributed by atoms with Crippen LogP contribution in [0.5, 0.6) is 0 Å². The van der Waals surface area contributed by atoms with Crippen molar-refractivity contribution in [2.24, 2.45) is 28.6 Å². The molecule has 1 saturated heterocycles. The number of fused-ring (bicyclic) bond motifs is 5. The van der Waals surface area contributed by atoms with E-state index in [0.29, 0.717) is 12.8 Å². The Kier molecular flexibility index (Phi) is 12.0. The zero-order chi connectivity index (χ0) is 45.1. The van der Waals surface area contributed by atoms with E-state index in [-0.39, 0.29) is 48.0 Å². The summed E-state index contributed by atoms with van der Waals surface area (Å²) in [5.74, 6) is -6.67. The van der Waals surface area contributed by atoms with Gasteiger partial charge < -0.3 is 53.5 Å². The Morgan fingerprint density at radius 2 is 1.68 bits per heavy atom. The van der Waals surface area contributed by atoms with Crippen LogP contribution in [-0.2, 0) is 47.6 Å². The molecule has 17 heteroatoms. The van der Waals surface area contributed by atoms with E-state index in [0.717, 1.165) is 6.92 Å². The first-order valence-electron chi connectivity index (χ1n) is 21.0. The average molecular weight is 866 g/mol. The van der Waals surface area contributed by atoms with Gasteiger partial charge in [-0.2, -0.15) is 0 Å². The SMILES string of the molecule is CC(=O)O[C@@]12CO[C@@H]1C[C@H](O)[C@@]1(C)C(=O)[C@H](OC(=O)C3CC3)C3=C(C)[C@@H](OC(=O)[C@H](O)[C@@H](NC(=O)OCC(C)C)c4ccco4)CC(O)([C@@H](OC(=O)c4ccccc4)[C@H]21)C3(C)C. The molecule has 4 fully saturated rings. The number of aliphatic hydroxyl groups is 3. The topological polar surface area (TPSA) is 244 Å². The highest BCUT2D eigenvalue weighted by atomic mass is 16.6. The number of carbonyl (C=O) groups excluding carboxylic acids is 6. The summed E-state index contributed by atoms with van der Waals surface area (Å²) in [5.41, 5.74) is -7.65. The van der Waals surface area contributed by atoms with Crippen LogP contribution in [0.3, 0.4) is 0 Å². The van der Waals surface area contributed by atoms with Gasteiger partial charge in [0.05, 0.1) is 48.4 Å². The zero-order valence-corrected chi connectivity index (χ0v) is 35.8. The number of aliphatic hydroxyl groups excluding tert-OH is 2. The Morgan fingerprint density at radius 3 is 2.26 bits per heavy atom. The van der Waals surface area contributed by atoms with Crippen LogP contribution in [0, 0.1) is 28.6 Å². The maximum Gasteiger partial charge on any atom is 0.407 e. The zero-order valence-electron chi connectivity index (χ0n) is 35.8. The first kappa shape index (κ1) is 44.9. The van der Waals surface area contributed by atoms with Crippen LogP contribution < -0.4 is 5.32 Å². The van der Waals surface area contributed by atoms with Crippen molar-refractivity contribution in [3.63, 3.8) is 0 Å². The molecule has 1 aromatic heterocycles. The van der Waals surface area contributed by atoms with Crippen molar-refractivity contribution in [1.82, 2.24) is 5.32 Å². The lowest BCUT2D eigenvalue weighted by molar-refractivity contribution is -0.346. The summed E-state index contributed by atoms with van der Waals surface area (Å²) >= 11 is 0. The fourth-order valence-electron chi connectivity index (χ4n) is 9.91. The number of alkyl carbamates (subject to hydrolysis) is 1. The summed E-state index contributed by atoms with van der Waals surface area (Å²) < 4.78 is 41.2. The second kappa shape index (κ2) is 16.5. The van der Waals surface area contributed by atoms with E-state index in [2.05, 4.69) is 5.32 Å². The third-order valence-corrected chi connectivity index (χ3v) is 13.5. The molecule has 2 aromatic rings. The van der Waals surface area contributed by atoms with Crippen molar-refractivity contribution in [1.29, 1.82) is 0 Å². The minimum absolute atomic E-state index is 0.0108. The average Bonchev–Trinajstić information content (AvgIpc) is 3.94. The molecule has 0 radical (unpaired) electrons. The first-order chi connectivity index (χ1) is 29.2. The van der Waals surface area contributed by atoms with Crippen molar-refractivity contribution in [3.05, 3.63) is 71.2 Å². The van der Waals surface area contributed by atoms with E-state index in [1.165, 1.54) is 44.4 Å². The van der Waals surface area contributed by atoms with Gasteiger partial charge in [-0.1, -0.05) is 45.9 Å². The number of rotatable bonds is 12. The fourth-order valence-corrected chi connectivity index (χ4v) is 9.91. The standard InChI is InChI=1S/C45H55NO16/c1-22(2)20-57-41(54)46-32(27-14-11-17-56-27)33(49)40(53)59-28-19-45(55)37(61-39(52)25-12-9-8-10-13-25)35-43(7,29(48)18-30-44(35,21-58-30)62-24(4)47)36(50)34(60-38(51)26-15-16-26)31(23(28)3)42(45,5)6/h8-14,17,22,26,28-30,32-35,37,48-49,55H,15-16,18-21H2,1-7H3,(H,46,54)/t28-,29-,30+,32-,33+,34+,35-,37-,43+,44-,45?/m0/s1. The van der Waals surface area contributed by atoms with E-state index in [9.17, 15) is 39.3 Å². The number of carbonyl (C=O) groups is 6. The Morgan fingerprint density at radius 1 is 0.984 bits per heavy atom. The molecule has 1 amide bonds. The molecule has 4 aliphatic carbocycles. The Balaban J connectivity index is 1.39. The van der Waals surface area contributed by atoms with Crippen LogP contribution in [0.1, 0.15) is 96.3 Å². The molecule has 0 spiro atoms. The third-order valence-electron chi connectivity index (χ3n) is 13.5. The third kappa shape index (κ3) is 7.60. The summed E-state index contributed by atoms with van der Waals surface area (Å²) in [6.07, 6.45) is -9.30. The van der Waals surface area contributed by atoms with Gasteiger partial charge in [0.1, 0.15) is 35.7 Å². The quantitative estimate of drug-likeness (QED) is 0.135. The van der Waals surface area contributed by atoms with Gasteiger partial charge in [-0.05, 0) is 68.0 Å². The number of ketones is 1. The lowest BCUT2D eigenvalue weighted by atomic mass is 9.44. The number of nitrogens with one attached hydrogen (secondary N) is 1. The van der Waals surface area contributed by atoms with Crippen LogP contribution in [0.15, 0.2) is 64.3 Å². The molecular weight excluding hydrogens is 810 g/mol. The molecule has 336 valence electrons. The molecule has 3 saturated carbocycles. The second-order valence-electron chi connectivity index (χ2n) is 18.4.